The van der Waals surface area contributed by atoms with E-state index in [1.165, 1.54) is 11.1 Å². The van der Waals surface area contributed by atoms with E-state index in [2.05, 4.69) is 33.4 Å². The molecule has 0 aromatic heterocycles. The third-order valence-electron chi connectivity index (χ3n) is 4.94. The second kappa shape index (κ2) is 3.73. The third kappa shape index (κ3) is 1.57. The maximum atomic E-state index is 10.6. The van der Waals surface area contributed by atoms with E-state index >= 15 is 0 Å². The summed E-state index contributed by atoms with van der Waals surface area (Å²) in [6.07, 6.45) is 7.37. The number of hydrogen-bond donors (Lipinski definition) is 1. The van der Waals surface area contributed by atoms with Crippen molar-refractivity contribution in [2.24, 2.45) is 11.3 Å². The van der Waals surface area contributed by atoms with Crippen LogP contribution in [0.1, 0.15) is 52.9 Å². The van der Waals surface area contributed by atoms with Crippen molar-refractivity contribution >= 4 is 0 Å². The van der Waals surface area contributed by atoms with Crippen LogP contribution in [-0.2, 0) is 0 Å². The molecule has 0 spiro atoms. The SMILES string of the molecule is C=C1CC[C@@]2(O)C[C@@H]1[C@@]2(C)CCC=C(C)C. The molecule has 1 N–H and O–H groups in total. The highest BCUT2D eigenvalue weighted by molar-refractivity contribution is 5.27. The molecule has 0 saturated heterocycles. The van der Waals surface area contributed by atoms with Crippen molar-refractivity contribution in [3.8, 4) is 0 Å². The molecule has 3 rings (SSSR count). The lowest BCUT2D eigenvalue weighted by Gasteiger charge is -2.65. The minimum absolute atomic E-state index is 0.0916. The van der Waals surface area contributed by atoms with Crippen LogP contribution in [0.2, 0.25) is 0 Å². The molecular weight excluding hydrogens is 196 g/mol. The van der Waals surface area contributed by atoms with Crippen molar-refractivity contribution < 1.29 is 5.11 Å². The van der Waals surface area contributed by atoms with Crippen LogP contribution in [0.15, 0.2) is 23.8 Å². The van der Waals surface area contributed by atoms with Crippen molar-refractivity contribution in [3.05, 3.63) is 23.8 Å². The van der Waals surface area contributed by atoms with Crippen molar-refractivity contribution in [2.75, 3.05) is 0 Å². The second-order valence-corrected chi connectivity index (χ2v) is 6.18. The van der Waals surface area contributed by atoms with Gasteiger partial charge in [-0.05, 0) is 51.9 Å². The smallest absolute Gasteiger partial charge is 0.0715 e. The van der Waals surface area contributed by atoms with Crippen LogP contribution in [0.4, 0.5) is 0 Å². The van der Waals surface area contributed by atoms with Gasteiger partial charge in [-0.25, -0.2) is 0 Å². The highest BCUT2D eigenvalue weighted by Gasteiger charge is 2.63. The van der Waals surface area contributed by atoms with E-state index in [0.29, 0.717) is 5.92 Å². The molecular formula is C15H24O. The molecule has 0 heterocycles. The van der Waals surface area contributed by atoms with Crippen molar-refractivity contribution in [1.82, 2.24) is 0 Å². The minimum Gasteiger partial charge on any atom is -0.389 e. The van der Waals surface area contributed by atoms with Gasteiger partial charge in [0.1, 0.15) is 0 Å². The Morgan fingerprint density at radius 3 is 2.81 bits per heavy atom. The monoisotopic (exact) mass is 220 g/mol. The summed E-state index contributed by atoms with van der Waals surface area (Å²) in [5, 5.41) is 10.6. The predicted molar refractivity (Wildman–Crippen MR) is 68.2 cm³/mol. The molecule has 16 heavy (non-hydrogen) atoms. The lowest BCUT2D eigenvalue weighted by Crippen LogP contribution is -2.65. The number of hydrogen-bond acceptors (Lipinski definition) is 1. The Labute approximate surface area is 99.3 Å². The fourth-order valence-corrected chi connectivity index (χ4v) is 3.58. The van der Waals surface area contributed by atoms with Gasteiger partial charge in [-0.15, -0.1) is 0 Å². The largest absolute Gasteiger partial charge is 0.389 e. The maximum Gasteiger partial charge on any atom is 0.0715 e. The number of fused-ring (bicyclic) bond motifs is 2. The standard InChI is InChI=1S/C15H24O/c1-11(2)6-5-8-14(4)13-10-15(14,16)9-7-12(13)3/h6,13,16H,3,5,7-10H2,1-2,4H3/t13-,14+,15+/m0/s1. The van der Waals surface area contributed by atoms with Crippen molar-refractivity contribution in [1.29, 1.82) is 0 Å². The van der Waals surface area contributed by atoms with Gasteiger partial charge in [-0.1, -0.05) is 30.7 Å². The molecule has 0 aromatic rings. The van der Waals surface area contributed by atoms with E-state index in [9.17, 15) is 5.11 Å². The van der Waals surface area contributed by atoms with Gasteiger partial charge in [0.25, 0.3) is 0 Å². The van der Waals surface area contributed by atoms with E-state index in [-0.39, 0.29) is 5.41 Å². The zero-order chi connectivity index (χ0) is 12.0. The van der Waals surface area contributed by atoms with Crippen molar-refractivity contribution in [2.45, 2.75) is 58.5 Å². The Morgan fingerprint density at radius 1 is 1.56 bits per heavy atom. The number of aliphatic hydroxyl groups is 1. The first-order valence-electron chi connectivity index (χ1n) is 6.42. The van der Waals surface area contributed by atoms with Gasteiger partial charge in [0.15, 0.2) is 0 Å². The van der Waals surface area contributed by atoms with Gasteiger partial charge >= 0.3 is 0 Å². The molecule has 0 unspecified atom stereocenters. The summed E-state index contributed by atoms with van der Waals surface area (Å²) in [4.78, 5) is 0. The Morgan fingerprint density at radius 2 is 2.25 bits per heavy atom. The summed E-state index contributed by atoms with van der Waals surface area (Å²) >= 11 is 0. The highest BCUT2D eigenvalue weighted by atomic mass is 16.3. The van der Waals surface area contributed by atoms with E-state index in [1.54, 1.807) is 0 Å². The number of rotatable bonds is 3. The molecule has 3 aliphatic rings. The van der Waals surface area contributed by atoms with E-state index in [1.807, 2.05) is 0 Å². The van der Waals surface area contributed by atoms with Gasteiger partial charge < -0.3 is 5.11 Å². The van der Waals surface area contributed by atoms with Gasteiger partial charge in [0.2, 0.25) is 0 Å². The molecule has 0 aromatic carbocycles. The molecule has 3 aliphatic carbocycles. The van der Waals surface area contributed by atoms with Gasteiger partial charge in [-0.3, -0.25) is 0 Å². The maximum absolute atomic E-state index is 10.6. The highest BCUT2D eigenvalue weighted by Crippen LogP contribution is 2.65. The summed E-state index contributed by atoms with van der Waals surface area (Å²) in [7, 11) is 0. The molecule has 0 radical (unpaired) electrons. The van der Waals surface area contributed by atoms with Gasteiger partial charge in [0, 0.05) is 5.41 Å². The third-order valence-corrected chi connectivity index (χ3v) is 4.94. The Balaban J connectivity index is 2.07. The van der Waals surface area contributed by atoms with Crippen LogP contribution in [-0.4, -0.2) is 10.7 Å². The summed E-state index contributed by atoms with van der Waals surface area (Å²) < 4.78 is 0. The molecule has 2 bridgehead atoms. The summed E-state index contributed by atoms with van der Waals surface area (Å²) in [5.74, 6) is 0.566. The zero-order valence-electron chi connectivity index (χ0n) is 10.8. The van der Waals surface area contributed by atoms with E-state index in [0.717, 1.165) is 32.1 Å². The van der Waals surface area contributed by atoms with Gasteiger partial charge in [0.05, 0.1) is 5.60 Å². The molecule has 0 amide bonds. The summed E-state index contributed by atoms with van der Waals surface area (Å²) in [6.45, 7) is 10.7. The van der Waals surface area contributed by atoms with Crippen LogP contribution in [0.3, 0.4) is 0 Å². The average molecular weight is 220 g/mol. The van der Waals surface area contributed by atoms with Crippen LogP contribution in [0.25, 0.3) is 0 Å². The second-order valence-electron chi connectivity index (χ2n) is 6.18. The van der Waals surface area contributed by atoms with Gasteiger partial charge in [-0.2, -0.15) is 0 Å². The molecule has 1 nitrogen and oxygen atoms in total. The Hall–Kier alpha value is -0.560. The first-order chi connectivity index (χ1) is 7.39. The molecule has 3 atom stereocenters. The van der Waals surface area contributed by atoms with Crippen molar-refractivity contribution in [3.63, 3.8) is 0 Å². The van der Waals surface area contributed by atoms with Crippen LogP contribution in [0.5, 0.6) is 0 Å². The fourth-order valence-electron chi connectivity index (χ4n) is 3.58. The minimum atomic E-state index is -0.395. The fraction of sp³-hybridized carbons (Fsp3) is 0.733. The zero-order valence-corrected chi connectivity index (χ0v) is 10.8. The lowest BCUT2D eigenvalue weighted by atomic mass is 9.42. The topological polar surface area (TPSA) is 20.2 Å². The van der Waals surface area contributed by atoms with E-state index < -0.39 is 5.60 Å². The van der Waals surface area contributed by atoms with Crippen LogP contribution >= 0.6 is 0 Å². The van der Waals surface area contributed by atoms with E-state index in [4.69, 9.17) is 0 Å². The Kier molecular flexibility index (Phi) is 2.78. The average Bonchev–Trinajstić information content (AvgIpc) is 2.20. The summed E-state index contributed by atoms with van der Waals surface area (Å²) in [6, 6.07) is 0. The van der Waals surface area contributed by atoms with Crippen LogP contribution in [0, 0.1) is 11.3 Å². The quantitative estimate of drug-likeness (QED) is 0.716. The predicted octanol–water partition coefficient (Wildman–Crippen LogP) is 3.84. The molecule has 3 fully saturated rings. The Bertz CT molecular complexity index is 333. The van der Waals surface area contributed by atoms with Crippen LogP contribution < -0.4 is 0 Å². The normalized spacial score (nSPS) is 41.5. The molecule has 0 aliphatic heterocycles. The first kappa shape index (κ1) is 11.9. The summed E-state index contributed by atoms with van der Waals surface area (Å²) in [5.41, 5.74) is 2.44. The molecule has 1 heteroatoms. The molecule has 90 valence electrons. The first-order valence-corrected chi connectivity index (χ1v) is 6.42. The molecule has 3 saturated carbocycles. The number of allylic oxidation sites excluding steroid dienone is 3. The lowest BCUT2D eigenvalue weighted by molar-refractivity contribution is -0.215.